The molecule has 24 heavy (non-hydrogen) atoms. The van der Waals surface area contributed by atoms with Crippen molar-refractivity contribution in [2.45, 2.75) is 40.2 Å². The van der Waals surface area contributed by atoms with Gasteiger partial charge in [-0.05, 0) is 19.8 Å². The molecule has 1 aliphatic heterocycles. The maximum Gasteiger partial charge on any atom is 0.257 e. The van der Waals surface area contributed by atoms with Crippen LogP contribution in [-0.4, -0.2) is 57.1 Å². The van der Waals surface area contributed by atoms with Gasteiger partial charge in [0.2, 0.25) is 0 Å². The quantitative estimate of drug-likeness (QED) is 0.923. The molecule has 0 unspecified atom stereocenters. The van der Waals surface area contributed by atoms with Crippen LogP contribution < -0.4 is 0 Å². The van der Waals surface area contributed by atoms with Gasteiger partial charge in [-0.3, -0.25) is 14.8 Å². The molecule has 0 atom stereocenters. The highest BCUT2D eigenvalue weighted by Crippen LogP contribution is 2.22. The molecule has 2 aromatic heterocycles. The minimum absolute atomic E-state index is 0.106. The minimum Gasteiger partial charge on any atom is -0.336 e. The van der Waals surface area contributed by atoms with Crippen molar-refractivity contribution in [1.82, 2.24) is 25.0 Å². The molecule has 0 saturated carbocycles. The van der Waals surface area contributed by atoms with E-state index in [2.05, 4.69) is 39.3 Å². The highest BCUT2D eigenvalue weighted by molar-refractivity contribution is 7.09. The Kier molecular flexibility index (Phi) is 5.01. The predicted molar refractivity (Wildman–Crippen MR) is 95.4 cm³/mol. The monoisotopic (exact) mass is 347 g/mol. The van der Waals surface area contributed by atoms with E-state index < -0.39 is 0 Å². The molecule has 0 aromatic carbocycles. The SMILES string of the molecule is Cc1nc(CN2CCN(C(=O)c3c(C(C)C)n[nH]c3C)CC2)cs1. The first-order valence-corrected chi connectivity index (χ1v) is 9.31. The Morgan fingerprint density at radius 3 is 2.58 bits per heavy atom. The second-order valence-electron chi connectivity index (χ2n) is 6.69. The number of hydrogen-bond donors (Lipinski definition) is 1. The summed E-state index contributed by atoms with van der Waals surface area (Å²) in [5.41, 5.74) is 3.63. The summed E-state index contributed by atoms with van der Waals surface area (Å²) in [5.74, 6) is 0.345. The summed E-state index contributed by atoms with van der Waals surface area (Å²) in [6.07, 6.45) is 0. The maximum atomic E-state index is 12.9. The van der Waals surface area contributed by atoms with E-state index in [1.807, 2.05) is 18.7 Å². The average molecular weight is 347 g/mol. The van der Waals surface area contributed by atoms with E-state index in [9.17, 15) is 4.79 Å². The van der Waals surface area contributed by atoms with Gasteiger partial charge >= 0.3 is 0 Å². The molecule has 1 aliphatic rings. The van der Waals surface area contributed by atoms with Crippen LogP contribution in [0.5, 0.6) is 0 Å². The number of aromatic nitrogens is 3. The van der Waals surface area contributed by atoms with Crippen molar-refractivity contribution in [2.75, 3.05) is 26.2 Å². The summed E-state index contributed by atoms with van der Waals surface area (Å²) in [4.78, 5) is 21.8. The van der Waals surface area contributed by atoms with Crippen molar-refractivity contribution in [3.63, 3.8) is 0 Å². The van der Waals surface area contributed by atoms with Crippen molar-refractivity contribution < 1.29 is 4.79 Å². The molecule has 3 rings (SSSR count). The lowest BCUT2D eigenvalue weighted by Gasteiger charge is -2.34. The van der Waals surface area contributed by atoms with E-state index >= 15 is 0 Å². The molecular formula is C17H25N5OS. The zero-order chi connectivity index (χ0) is 17.3. The second kappa shape index (κ2) is 7.03. The van der Waals surface area contributed by atoms with E-state index in [4.69, 9.17) is 0 Å². The van der Waals surface area contributed by atoms with Crippen LogP contribution in [0.1, 0.15) is 52.2 Å². The summed E-state index contributed by atoms with van der Waals surface area (Å²) < 4.78 is 0. The third-order valence-electron chi connectivity index (χ3n) is 4.45. The largest absolute Gasteiger partial charge is 0.336 e. The van der Waals surface area contributed by atoms with Crippen LogP contribution >= 0.6 is 11.3 Å². The van der Waals surface area contributed by atoms with Crippen LogP contribution in [0, 0.1) is 13.8 Å². The predicted octanol–water partition coefficient (Wildman–Crippen LogP) is 2.56. The Balaban J connectivity index is 1.62. The van der Waals surface area contributed by atoms with E-state index in [0.29, 0.717) is 0 Å². The fraction of sp³-hybridized carbons (Fsp3) is 0.588. The summed E-state index contributed by atoms with van der Waals surface area (Å²) in [6, 6.07) is 0. The number of H-pyrrole nitrogens is 1. The van der Waals surface area contributed by atoms with Crippen molar-refractivity contribution in [1.29, 1.82) is 0 Å². The zero-order valence-corrected chi connectivity index (χ0v) is 15.6. The Labute approximate surface area is 146 Å². The van der Waals surface area contributed by atoms with Crippen molar-refractivity contribution in [3.8, 4) is 0 Å². The molecule has 1 N–H and O–H groups in total. The lowest BCUT2D eigenvalue weighted by Crippen LogP contribution is -2.48. The molecule has 6 nitrogen and oxygen atoms in total. The fourth-order valence-corrected chi connectivity index (χ4v) is 3.72. The first-order valence-electron chi connectivity index (χ1n) is 8.43. The van der Waals surface area contributed by atoms with Crippen LogP contribution in [0.2, 0.25) is 0 Å². The lowest BCUT2D eigenvalue weighted by atomic mass is 10.0. The molecule has 2 aromatic rings. The van der Waals surface area contributed by atoms with Gasteiger partial charge in [0.25, 0.3) is 5.91 Å². The fourth-order valence-electron chi connectivity index (χ4n) is 3.11. The number of aryl methyl sites for hydroxylation is 2. The van der Waals surface area contributed by atoms with Gasteiger partial charge in [-0.1, -0.05) is 13.8 Å². The van der Waals surface area contributed by atoms with Gasteiger partial charge in [0.1, 0.15) is 0 Å². The number of amides is 1. The Morgan fingerprint density at radius 1 is 1.29 bits per heavy atom. The molecule has 1 amide bonds. The van der Waals surface area contributed by atoms with Crippen LogP contribution in [0.4, 0.5) is 0 Å². The molecule has 0 bridgehead atoms. The van der Waals surface area contributed by atoms with E-state index in [1.54, 1.807) is 11.3 Å². The van der Waals surface area contributed by atoms with Gasteiger partial charge in [0.05, 0.1) is 22.0 Å². The number of nitrogens with one attached hydrogen (secondary N) is 1. The normalized spacial score (nSPS) is 16.1. The molecule has 1 saturated heterocycles. The number of rotatable bonds is 4. The molecule has 0 spiro atoms. The third-order valence-corrected chi connectivity index (χ3v) is 5.27. The number of nitrogens with zero attached hydrogens (tertiary/aromatic N) is 4. The van der Waals surface area contributed by atoms with E-state index in [1.165, 1.54) is 0 Å². The van der Waals surface area contributed by atoms with Crippen LogP contribution in [0.25, 0.3) is 0 Å². The van der Waals surface area contributed by atoms with Gasteiger partial charge in [0, 0.05) is 43.8 Å². The first-order chi connectivity index (χ1) is 11.5. The highest BCUT2D eigenvalue weighted by atomic mass is 32.1. The smallest absolute Gasteiger partial charge is 0.257 e. The topological polar surface area (TPSA) is 65.1 Å². The van der Waals surface area contributed by atoms with Crippen LogP contribution in [0.15, 0.2) is 5.38 Å². The molecule has 3 heterocycles. The van der Waals surface area contributed by atoms with E-state index in [-0.39, 0.29) is 11.8 Å². The molecular weight excluding hydrogens is 322 g/mol. The summed E-state index contributed by atoms with van der Waals surface area (Å²) in [6.45, 7) is 12.2. The highest BCUT2D eigenvalue weighted by Gasteiger charge is 2.27. The molecule has 1 fully saturated rings. The van der Waals surface area contributed by atoms with Crippen LogP contribution in [0.3, 0.4) is 0 Å². The van der Waals surface area contributed by atoms with Gasteiger partial charge in [0.15, 0.2) is 0 Å². The first kappa shape index (κ1) is 17.1. The van der Waals surface area contributed by atoms with Crippen LogP contribution in [-0.2, 0) is 6.54 Å². The van der Waals surface area contributed by atoms with Gasteiger partial charge < -0.3 is 4.90 Å². The molecule has 0 aliphatic carbocycles. The number of thiazole rings is 1. The Bertz CT molecular complexity index is 712. The van der Waals surface area contributed by atoms with E-state index in [0.717, 1.165) is 60.4 Å². The second-order valence-corrected chi connectivity index (χ2v) is 7.75. The summed E-state index contributed by atoms with van der Waals surface area (Å²) in [5, 5.41) is 10.5. The minimum atomic E-state index is 0.106. The molecule has 130 valence electrons. The maximum absolute atomic E-state index is 12.9. The molecule has 0 radical (unpaired) electrons. The standard InChI is InChI=1S/C17H25N5OS/c1-11(2)16-15(12(3)19-20-16)17(23)22-7-5-21(6-8-22)9-14-10-24-13(4)18-14/h10-11H,5-9H2,1-4H3,(H,19,20). The van der Waals surface area contributed by atoms with Crippen molar-refractivity contribution >= 4 is 17.2 Å². The van der Waals surface area contributed by atoms with Gasteiger partial charge in [-0.2, -0.15) is 5.10 Å². The number of hydrogen-bond acceptors (Lipinski definition) is 5. The Morgan fingerprint density at radius 2 is 2.00 bits per heavy atom. The molecule has 7 heteroatoms. The number of piperazine rings is 1. The zero-order valence-electron chi connectivity index (χ0n) is 14.8. The van der Waals surface area contributed by atoms with Crippen molar-refractivity contribution in [3.05, 3.63) is 33.0 Å². The van der Waals surface area contributed by atoms with Gasteiger partial charge in [-0.25, -0.2) is 4.98 Å². The van der Waals surface area contributed by atoms with Gasteiger partial charge in [-0.15, -0.1) is 11.3 Å². The Hall–Kier alpha value is -1.73. The van der Waals surface area contributed by atoms with Crippen molar-refractivity contribution in [2.24, 2.45) is 0 Å². The average Bonchev–Trinajstić information content (AvgIpc) is 3.13. The summed E-state index contributed by atoms with van der Waals surface area (Å²) in [7, 11) is 0. The number of aromatic amines is 1. The number of carbonyl (C=O) groups excluding carboxylic acids is 1. The number of carbonyl (C=O) groups is 1. The summed E-state index contributed by atoms with van der Waals surface area (Å²) >= 11 is 1.69. The lowest BCUT2D eigenvalue weighted by molar-refractivity contribution is 0.0625. The third kappa shape index (κ3) is 3.52.